The predicted molar refractivity (Wildman–Crippen MR) is 50.8 cm³/mol. The van der Waals surface area contributed by atoms with Gasteiger partial charge in [0, 0.05) is 19.0 Å². The maximum atomic E-state index is 11.5. The second-order valence-electron chi connectivity index (χ2n) is 4.21. The fraction of sp³-hybridized carbons (Fsp3) is 0.900. The predicted octanol–water partition coefficient (Wildman–Crippen LogP) is 0.149. The lowest BCUT2D eigenvalue weighted by molar-refractivity contribution is -0.165. The number of aliphatic hydroxyl groups is 1. The van der Waals surface area contributed by atoms with Crippen LogP contribution in [0.5, 0.6) is 0 Å². The van der Waals surface area contributed by atoms with Gasteiger partial charge in [-0.05, 0) is 19.4 Å². The Kier molecular flexibility index (Phi) is 2.49. The molecule has 2 atom stereocenters. The van der Waals surface area contributed by atoms with E-state index in [2.05, 4.69) is 9.64 Å². The zero-order chi connectivity index (χ0) is 10.2. The van der Waals surface area contributed by atoms with Crippen molar-refractivity contribution in [3.05, 3.63) is 0 Å². The first-order valence-electron chi connectivity index (χ1n) is 5.23. The molecule has 0 aliphatic carbocycles. The lowest BCUT2D eigenvalue weighted by Gasteiger charge is -2.35. The third-order valence-electron chi connectivity index (χ3n) is 3.48. The summed E-state index contributed by atoms with van der Waals surface area (Å²) < 4.78 is 4.67. The van der Waals surface area contributed by atoms with Crippen molar-refractivity contribution in [1.82, 2.24) is 4.90 Å². The molecule has 2 unspecified atom stereocenters. The molecule has 4 nitrogen and oxygen atoms in total. The number of fused-ring (bicyclic) bond motifs is 1. The normalized spacial score (nSPS) is 38.0. The number of rotatable bonds is 1. The third kappa shape index (κ3) is 1.33. The van der Waals surface area contributed by atoms with Crippen LogP contribution in [-0.4, -0.2) is 47.8 Å². The third-order valence-corrected chi connectivity index (χ3v) is 3.48. The largest absolute Gasteiger partial charge is 0.467 e. The van der Waals surface area contributed by atoms with Gasteiger partial charge in [-0.15, -0.1) is 0 Å². The molecular weight excluding hydrogens is 182 g/mol. The van der Waals surface area contributed by atoms with E-state index in [0.717, 1.165) is 25.9 Å². The molecule has 0 aromatic heterocycles. The highest BCUT2D eigenvalue weighted by molar-refractivity contribution is 5.80. The van der Waals surface area contributed by atoms with E-state index in [1.54, 1.807) is 0 Å². The zero-order valence-corrected chi connectivity index (χ0v) is 8.53. The van der Waals surface area contributed by atoms with Crippen molar-refractivity contribution < 1.29 is 14.6 Å². The summed E-state index contributed by atoms with van der Waals surface area (Å²) in [5.41, 5.74) is -1.24. The average molecular weight is 199 g/mol. The summed E-state index contributed by atoms with van der Waals surface area (Å²) in [5, 5.41) is 10.2. The quantitative estimate of drug-likeness (QED) is 0.611. The van der Waals surface area contributed by atoms with Gasteiger partial charge in [-0.3, -0.25) is 4.90 Å². The van der Waals surface area contributed by atoms with Gasteiger partial charge in [-0.1, -0.05) is 6.42 Å². The van der Waals surface area contributed by atoms with Gasteiger partial charge in [0.1, 0.15) is 0 Å². The molecule has 0 aromatic rings. The molecule has 2 heterocycles. The van der Waals surface area contributed by atoms with Crippen molar-refractivity contribution in [3.63, 3.8) is 0 Å². The van der Waals surface area contributed by atoms with Crippen LogP contribution in [0.15, 0.2) is 0 Å². The van der Waals surface area contributed by atoms with Gasteiger partial charge >= 0.3 is 5.97 Å². The molecule has 2 aliphatic rings. The lowest BCUT2D eigenvalue weighted by atomic mass is 9.89. The summed E-state index contributed by atoms with van der Waals surface area (Å²) in [6.45, 7) is 1.82. The number of methoxy groups -OCH3 is 1. The van der Waals surface area contributed by atoms with E-state index < -0.39 is 11.6 Å². The Hall–Kier alpha value is -0.610. The molecule has 0 amide bonds. The number of nitrogens with zero attached hydrogens (tertiary/aromatic N) is 1. The number of carbonyl (C=O) groups is 1. The fourth-order valence-corrected chi connectivity index (χ4v) is 2.69. The Balaban J connectivity index is 2.16. The molecule has 2 saturated heterocycles. The summed E-state index contributed by atoms with van der Waals surface area (Å²) in [4.78, 5) is 13.7. The van der Waals surface area contributed by atoms with E-state index >= 15 is 0 Å². The highest BCUT2D eigenvalue weighted by Crippen LogP contribution is 2.35. The molecule has 2 rings (SSSR count). The van der Waals surface area contributed by atoms with Gasteiger partial charge in [0.05, 0.1) is 7.11 Å². The topological polar surface area (TPSA) is 49.8 Å². The van der Waals surface area contributed by atoms with E-state index in [1.165, 1.54) is 13.5 Å². The summed E-state index contributed by atoms with van der Waals surface area (Å²) in [5.74, 6) is -0.466. The first kappa shape index (κ1) is 9.93. The second kappa shape index (κ2) is 3.51. The standard InChI is InChI=1S/C10H17NO3/c1-14-9(12)10(13)5-7-11-6-3-2-4-8(10)11/h8,13H,2-7H2,1H3. The van der Waals surface area contributed by atoms with Gasteiger partial charge in [0.25, 0.3) is 0 Å². The summed E-state index contributed by atoms with van der Waals surface area (Å²) in [6.07, 6.45) is 3.70. The Morgan fingerprint density at radius 1 is 1.50 bits per heavy atom. The lowest BCUT2D eigenvalue weighted by Crippen LogP contribution is -2.52. The molecule has 80 valence electrons. The Labute approximate surface area is 83.8 Å². The van der Waals surface area contributed by atoms with Crippen molar-refractivity contribution in [2.75, 3.05) is 20.2 Å². The number of piperidine rings is 1. The summed E-state index contributed by atoms with van der Waals surface area (Å²) >= 11 is 0. The molecule has 0 aromatic carbocycles. The van der Waals surface area contributed by atoms with Crippen molar-refractivity contribution in [3.8, 4) is 0 Å². The molecule has 2 fully saturated rings. The fourth-order valence-electron chi connectivity index (χ4n) is 2.69. The van der Waals surface area contributed by atoms with E-state index in [9.17, 15) is 9.90 Å². The van der Waals surface area contributed by atoms with E-state index in [0.29, 0.717) is 6.42 Å². The number of hydrogen-bond acceptors (Lipinski definition) is 4. The van der Waals surface area contributed by atoms with Gasteiger partial charge in [-0.2, -0.15) is 0 Å². The molecule has 4 heteroatoms. The minimum absolute atomic E-state index is 0.0105. The first-order chi connectivity index (χ1) is 6.68. The monoisotopic (exact) mass is 199 g/mol. The molecule has 1 N–H and O–H groups in total. The van der Waals surface area contributed by atoms with Crippen LogP contribution in [0.2, 0.25) is 0 Å². The number of esters is 1. The molecule has 14 heavy (non-hydrogen) atoms. The van der Waals surface area contributed by atoms with Gasteiger partial charge < -0.3 is 9.84 Å². The highest BCUT2D eigenvalue weighted by atomic mass is 16.5. The molecule has 0 radical (unpaired) electrons. The zero-order valence-electron chi connectivity index (χ0n) is 8.53. The van der Waals surface area contributed by atoms with Crippen LogP contribution < -0.4 is 0 Å². The molecule has 0 spiro atoms. The van der Waals surface area contributed by atoms with Crippen molar-refractivity contribution >= 4 is 5.97 Å². The van der Waals surface area contributed by atoms with Crippen LogP contribution in [0.4, 0.5) is 0 Å². The Morgan fingerprint density at radius 2 is 2.29 bits per heavy atom. The maximum absolute atomic E-state index is 11.5. The minimum Gasteiger partial charge on any atom is -0.467 e. The van der Waals surface area contributed by atoms with Crippen LogP contribution in [-0.2, 0) is 9.53 Å². The first-order valence-corrected chi connectivity index (χ1v) is 5.23. The summed E-state index contributed by atoms with van der Waals surface area (Å²) in [7, 11) is 1.34. The molecule has 2 aliphatic heterocycles. The van der Waals surface area contributed by atoms with Crippen molar-refractivity contribution in [2.45, 2.75) is 37.3 Å². The Morgan fingerprint density at radius 3 is 3.00 bits per heavy atom. The van der Waals surface area contributed by atoms with Crippen LogP contribution >= 0.6 is 0 Å². The van der Waals surface area contributed by atoms with E-state index in [1.807, 2.05) is 0 Å². The molecular formula is C10H17NO3. The van der Waals surface area contributed by atoms with Crippen LogP contribution in [0.25, 0.3) is 0 Å². The highest BCUT2D eigenvalue weighted by Gasteiger charge is 2.52. The van der Waals surface area contributed by atoms with Crippen LogP contribution in [0.3, 0.4) is 0 Å². The Bertz CT molecular complexity index is 244. The van der Waals surface area contributed by atoms with Gasteiger partial charge in [0.15, 0.2) is 5.60 Å². The second-order valence-corrected chi connectivity index (χ2v) is 4.21. The maximum Gasteiger partial charge on any atom is 0.339 e. The average Bonchev–Trinajstić information content (AvgIpc) is 2.58. The number of carbonyl (C=O) groups excluding carboxylic acids is 1. The number of hydrogen-bond donors (Lipinski definition) is 1. The van der Waals surface area contributed by atoms with E-state index in [-0.39, 0.29) is 6.04 Å². The minimum atomic E-state index is -1.24. The van der Waals surface area contributed by atoms with Crippen molar-refractivity contribution in [2.24, 2.45) is 0 Å². The van der Waals surface area contributed by atoms with Gasteiger partial charge in [-0.25, -0.2) is 4.79 Å². The van der Waals surface area contributed by atoms with Crippen LogP contribution in [0.1, 0.15) is 25.7 Å². The number of ether oxygens (including phenoxy) is 1. The van der Waals surface area contributed by atoms with Crippen LogP contribution in [0, 0.1) is 0 Å². The summed E-state index contributed by atoms with van der Waals surface area (Å²) in [6, 6.07) is -0.0105. The molecule has 0 bridgehead atoms. The van der Waals surface area contributed by atoms with Crippen molar-refractivity contribution in [1.29, 1.82) is 0 Å². The smallest absolute Gasteiger partial charge is 0.339 e. The SMILES string of the molecule is COC(=O)C1(O)CCN2CCCCC21. The van der Waals surface area contributed by atoms with Gasteiger partial charge in [0.2, 0.25) is 0 Å². The van der Waals surface area contributed by atoms with E-state index in [4.69, 9.17) is 0 Å². The molecule has 0 saturated carbocycles.